The number of rotatable bonds is 6. The molecule has 1 aromatic heterocycles. The normalized spacial score (nSPS) is 11.9. The molecule has 174 valence electrons. The molecular formula is C23H19ClF5N3O. The van der Waals surface area contributed by atoms with Crippen molar-refractivity contribution in [3.8, 4) is 11.1 Å². The molecular weight excluding hydrogens is 465 g/mol. The summed E-state index contributed by atoms with van der Waals surface area (Å²) in [4.78, 5) is 18.3. The van der Waals surface area contributed by atoms with Gasteiger partial charge in [-0.2, -0.15) is 22.0 Å². The third-order valence-corrected chi connectivity index (χ3v) is 5.16. The number of amides is 1. The molecule has 0 aliphatic carbocycles. The average Bonchev–Trinajstić information content (AvgIpc) is 2.76. The maximum absolute atomic E-state index is 14.8. The Bertz CT molecular complexity index is 1150. The number of carbonyl (C=O) groups is 1. The number of carbonyl (C=O) groups excluding carboxylic acids is 1. The SMILES string of the molecule is CN(C)c1ccc(-c2ccc(C(F)(F)CNC(=O)c3ccccc3C(F)(F)F)c(Cl)c2)cn1. The van der Waals surface area contributed by atoms with Crippen molar-refractivity contribution in [2.24, 2.45) is 0 Å². The predicted octanol–water partition coefficient (Wildman–Crippen LogP) is 6.01. The third-order valence-electron chi connectivity index (χ3n) is 4.85. The van der Waals surface area contributed by atoms with E-state index in [0.717, 1.165) is 24.0 Å². The van der Waals surface area contributed by atoms with Crippen LogP contribution in [0.5, 0.6) is 0 Å². The van der Waals surface area contributed by atoms with Crippen LogP contribution in [0, 0.1) is 0 Å². The van der Waals surface area contributed by atoms with E-state index in [1.807, 2.05) is 24.3 Å². The number of nitrogens with one attached hydrogen (secondary N) is 1. The lowest BCUT2D eigenvalue weighted by Crippen LogP contribution is -2.36. The Morgan fingerprint density at radius 1 is 0.970 bits per heavy atom. The van der Waals surface area contributed by atoms with Gasteiger partial charge in [-0.1, -0.05) is 35.9 Å². The Labute approximate surface area is 192 Å². The first-order valence-corrected chi connectivity index (χ1v) is 10.0. The monoisotopic (exact) mass is 483 g/mol. The summed E-state index contributed by atoms with van der Waals surface area (Å²) in [5.74, 6) is -4.16. The maximum Gasteiger partial charge on any atom is 0.417 e. The molecule has 0 saturated carbocycles. The highest BCUT2D eigenvalue weighted by Crippen LogP contribution is 2.36. The van der Waals surface area contributed by atoms with Crippen LogP contribution < -0.4 is 10.2 Å². The Morgan fingerprint density at radius 2 is 1.64 bits per heavy atom. The Hall–Kier alpha value is -3.20. The van der Waals surface area contributed by atoms with Gasteiger partial charge in [-0.05, 0) is 35.9 Å². The number of hydrogen-bond donors (Lipinski definition) is 1. The lowest BCUT2D eigenvalue weighted by molar-refractivity contribution is -0.137. The molecule has 3 rings (SSSR count). The smallest absolute Gasteiger partial charge is 0.363 e. The van der Waals surface area contributed by atoms with E-state index in [9.17, 15) is 26.7 Å². The molecule has 33 heavy (non-hydrogen) atoms. The number of alkyl halides is 5. The predicted molar refractivity (Wildman–Crippen MR) is 117 cm³/mol. The van der Waals surface area contributed by atoms with Crippen molar-refractivity contribution in [3.05, 3.63) is 82.5 Å². The number of anilines is 1. The Kier molecular flexibility index (Phi) is 6.92. The number of halogens is 6. The summed E-state index contributed by atoms with van der Waals surface area (Å²) in [6.45, 7) is -1.23. The van der Waals surface area contributed by atoms with Crippen molar-refractivity contribution in [2.45, 2.75) is 12.1 Å². The third kappa shape index (κ3) is 5.60. The van der Waals surface area contributed by atoms with Crippen LogP contribution in [-0.2, 0) is 12.1 Å². The first-order valence-electron chi connectivity index (χ1n) is 9.66. The van der Waals surface area contributed by atoms with Crippen LogP contribution in [0.1, 0.15) is 21.5 Å². The number of benzene rings is 2. The van der Waals surface area contributed by atoms with Gasteiger partial charge in [-0.3, -0.25) is 4.79 Å². The summed E-state index contributed by atoms with van der Waals surface area (Å²) < 4.78 is 68.8. The highest BCUT2D eigenvalue weighted by atomic mass is 35.5. The number of hydrogen-bond acceptors (Lipinski definition) is 3. The van der Waals surface area contributed by atoms with E-state index in [2.05, 4.69) is 4.98 Å². The zero-order valence-corrected chi connectivity index (χ0v) is 18.3. The maximum atomic E-state index is 14.8. The molecule has 0 spiro atoms. The number of pyridine rings is 1. The van der Waals surface area contributed by atoms with Gasteiger partial charge >= 0.3 is 6.18 Å². The van der Waals surface area contributed by atoms with Crippen LogP contribution in [0.3, 0.4) is 0 Å². The van der Waals surface area contributed by atoms with Gasteiger partial charge in [0.1, 0.15) is 5.82 Å². The zero-order valence-electron chi connectivity index (χ0n) is 17.6. The molecule has 1 heterocycles. The summed E-state index contributed by atoms with van der Waals surface area (Å²) in [6, 6.07) is 11.4. The molecule has 0 fully saturated rings. The molecule has 0 unspecified atom stereocenters. The largest absolute Gasteiger partial charge is 0.417 e. The van der Waals surface area contributed by atoms with Crippen molar-refractivity contribution in [3.63, 3.8) is 0 Å². The highest BCUT2D eigenvalue weighted by molar-refractivity contribution is 6.31. The first-order chi connectivity index (χ1) is 15.4. The van der Waals surface area contributed by atoms with Crippen molar-refractivity contribution in [1.82, 2.24) is 10.3 Å². The summed E-state index contributed by atoms with van der Waals surface area (Å²) in [5.41, 5.74) is -1.29. The molecule has 0 radical (unpaired) electrons. The van der Waals surface area contributed by atoms with E-state index in [-0.39, 0.29) is 5.02 Å². The van der Waals surface area contributed by atoms with Crippen molar-refractivity contribution >= 4 is 23.3 Å². The molecule has 3 aromatic rings. The summed E-state index contributed by atoms with van der Waals surface area (Å²) in [5, 5.41) is 1.63. The van der Waals surface area contributed by atoms with Gasteiger partial charge in [-0.15, -0.1) is 0 Å². The van der Waals surface area contributed by atoms with Gasteiger partial charge in [0.15, 0.2) is 0 Å². The van der Waals surface area contributed by atoms with Crippen LogP contribution in [0.15, 0.2) is 60.8 Å². The van der Waals surface area contributed by atoms with Gasteiger partial charge in [0.2, 0.25) is 0 Å². The molecule has 1 N–H and O–H groups in total. The summed E-state index contributed by atoms with van der Waals surface area (Å²) in [6.07, 6.45) is -3.22. The average molecular weight is 484 g/mol. The van der Waals surface area contributed by atoms with Crippen molar-refractivity contribution in [2.75, 3.05) is 25.5 Å². The molecule has 2 aromatic carbocycles. The second-order valence-electron chi connectivity index (χ2n) is 7.42. The van der Waals surface area contributed by atoms with Crippen molar-refractivity contribution < 1.29 is 26.7 Å². The van der Waals surface area contributed by atoms with Crippen molar-refractivity contribution in [1.29, 1.82) is 0 Å². The van der Waals surface area contributed by atoms with E-state index in [0.29, 0.717) is 17.2 Å². The lowest BCUT2D eigenvalue weighted by atomic mass is 10.0. The van der Waals surface area contributed by atoms with Crippen LogP contribution in [-0.4, -0.2) is 31.5 Å². The fraction of sp³-hybridized carbons (Fsp3) is 0.217. The van der Waals surface area contributed by atoms with E-state index >= 15 is 0 Å². The minimum absolute atomic E-state index is 0.251. The van der Waals surface area contributed by atoms with E-state index in [1.54, 1.807) is 18.3 Å². The van der Waals surface area contributed by atoms with Crippen LogP contribution in [0.2, 0.25) is 5.02 Å². The molecule has 4 nitrogen and oxygen atoms in total. The highest BCUT2D eigenvalue weighted by Gasteiger charge is 2.37. The molecule has 0 bridgehead atoms. The fourth-order valence-electron chi connectivity index (χ4n) is 3.12. The minimum Gasteiger partial charge on any atom is -0.363 e. The fourth-order valence-corrected chi connectivity index (χ4v) is 3.44. The van der Waals surface area contributed by atoms with Gasteiger partial charge in [0.25, 0.3) is 11.8 Å². The number of nitrogens with zero attached hydrogens (tertiary/aromatic N) is 2. The van der Waals surface area contributed by atoms with Gasteiger partial charge < -0.3 is 10.2 Å². The second kappa shape index (κ2) is 9.35. The van der Waals surface area contributed by atoms with Crippen LogP contribution >= 0.6 is 11.6 Å². The Balaban J connectivity index is 1.77. The van der Waals surface area contributed by atoms with E-state index in [1.165, 1.54) is 18.2 Å². The summed E-state index contributed by atoms with van der Waals surface area (Å²) in [7, 11) is 3.66. The molecule has 0 aliphatic rings. The number of aromatic nitrogens is 1. The lowest BCUT2D eigenvalue weighted by Gasteiger charge is -2.20. The topological polar surface area (TPSA) is 45.2 Å². The minimum atomic E-state index is -4.80. The first kappa shape index (κ1) is 24.4. The van der Waals surface area contributed by atoms with Crippen LogP contribution in [0.25, 0.3) is 11.1 Å². The standard InChI is InChI=1S/C23H19ClF5N3O/c1-32(2)20-10-8-15(12-30-20)14-7-9-18(19(24)11-14)22(25,26)13-31-21(33)16-5-3-4-6-17(16)23(27,28)29/h3-12H,13H2,1-2H3,(H,31,33). The quantitative estimate of drug-likeness (QED) is 0.437. The Morgan fingerprint density at radius 3 is 2.21 bits per heavy atom. The van der Waals surface area contributed by atoms with Gasteiger partial charge in [0, 0.05) is 31.4 Å². The molecule has 0 aliphatic heterocycles. The van der Waals surface area contributed by atoms with Gasteiger partial charge in [-0.25, -0.2) is 4.98 Å². The second-order valence-corrected chi connectivity index (χ2v) is 7.83. The molecule has 10 heteroatoms. The van der Waals surface area contributed by atoms with E-state index < -0.39 is 41.2 Å². The van der Waals surface area contributed by atoms with Crippen LogP contribution in [0.4, 0.5) is 27.8 Å². The molecule has 0 saturated heterocycles. The van der Waals surface area contributed by atoms with E-state index in [4.69, 9.17) is 11.6 Å². The molecule has 1 amide bonds. The van der Waals surface area contributed by atoms with Gasteiger partial charge in [0.05, 0.1) is 22.7 Å². The molecule has 0 atom stereocenters. The summed E-state index contributed by atoms with van der Waals surface area (Å²) >= 11 is 6.09. The zero-order chi connectivity index (χ0) is 24.4.